The Bertz CT molecular complexity index is 277. The molecule has 0 saturated heterocycles. The van der Waals surface area contributed by atoms with Crippen molar-refractivity contribution in [3.63, 3.8) is 0 Å². The number of rotatable bonds is 5. The summed E-state index contributed by atoms with van der Waals surface area (Å²) in [5, 5.41) is 9.07. The summed E-state index contributed by atoms with van der Waals surface area (Å²) in [6.45, 7) is 6.46. The number of aliphatic hydroxyl groups excluding tert-OH is 1. The summed E-state index contributed by atoms with van der Waals surface area (Å²) in [5.74, 6) is 1.42. The van der Waals surface area contributed by atoms with Crippen LogP contribution in [0, 0.1) is 0 Å². The highest BCUT2D eigenvalue weighted by Gasteiger charge is 2.03. The van der Waals surface area contributed by atoms with Crippen LogP contribution in [-0.4, -0.2) is 17.8 Å². The Kier molecular flexibility index (Phi) is 4.63. The molecule has 15 heavy (non-hydrogen) atoms. The van der Waals surface area contributed by atoms with E-state index in [4.69, 9.17) is 9.84 Å². The van der Waals surface area contributed by atoms with Gasteiger partial charge in [-0.15, -0.1) is 0 Å². The molecule has 0 radical (unpaired) electrons. The lowest BCUT2D eigenvalue weighted by Crippen LogP contribution is -2.12. The van der Waals surface area contributed by atoms with Crippen molar-refractivity contribution in [2.75, 3.05) is 6.61 Å². The quantitative estimate of drug-likeness (QED) is 0.806. The average Bonchev–Trinajstić information content (AvgIpc) is 2.26. The first-order valence-corrected chi connectivity index (χ1v) is 5.54. The van der Waals surface area contributed by atoms with E-state index < -0.39 is 6.10 Å². The lowest BCUT2D eigenvalue weighted by atomic mass is 9.99. The monoisotopic (exact) mass is 208 g/mol. The summed E-state index contributed by atoms with van der Waals surface area (Å²) in [6.07, 6.45) is 0.729. The number of hydrogen-bond donors (Lipinski definition) is 1. The summed E-state index contributed by atoms with van der Waals surface area (Å²) in [7, 11) is 0. The molecule has 0 bridgehead atoms. The predicted octanol–water partition coefficient (Wildman–Crippen LogP) is 2.96. The van der Waals surface area contributed by atoms with E-state index in [1.165, 1.54) is 5.56 Å². The van der Waals surface area contributed by atoms with Crippen LogP contribution in [0.3, 0.4) is 0 Å². The van der Waals surface area contributed by atoms with Crippen molar-refractivity contribution >= 4 is 0 Å². The number of aliphatic hydroxyl groups is 1. The highest BCUT2D eigenvalue weighted by atomic mass is 16.5. The molecule has 0 aromatic heterocycles. The van der Waals surface area contributed by atoms with Crippen molar-refractivity contribution in [1.29, 1.82) is 0 Å². The van der Waals surface area contributed by atoms with Crippen LogP contribution in [0.25, 0.3) is 0 Å². The first-order chi connectivity index (χ1) is 7.13. The maximum atomic E-state index is 9.07. The number of benzene rings is 1. The third kappa shape index (κ3) is 3.92. The summed E-state index contributed by atoms with van der Waals surface area (Å²) in [4.78, 5) is 0. The van der Waals surface area contributed by atoms with Gasteiger partial charge in [-0.25, -0.2) is 0 Å². The zero-order valence-electron chi connectivity index (χ0n) is 9.73. The van der Waals surface area contributed by atoms with Crippen LogP contribution >= 0.6 is 0 Å². The summed E-state index contributed by atoms with van der Waals surface area (Å²) >= 11 is 0. The van der Waals surface area contributed by atoms with Crippen LogP contribution in [0.2, 0.25) is 0 Å². The van der Waals surface area contributed by atoms with Crippen molar-refractivity contribution < 1.29 is 9.84 Å². The molecular formula is C13H20O2. The molecular weight excluding hydrogens is 188 g/mol. The van der Waals surface area contributed by atoms with E-state index in [1.54, 1.807) is 6.92 Å². The lowest BCUT2D eigenvalue weighted by molar-refractivity contribution is 0.122. The van der Waals surface area contributed by atoms with Crippen LogP contribution in [-0.2, 0) is 0 Å². The van der Waals surface area contributed by atoms with Crippen molar-refractivity contribution in [3.8, 4) is 5.75 Å². The molecule has 0 aliphatic heterocycles. The molecule has 0 spiro atoms. The normalized spacial score (nSPS) is 14.7. The fourth-order valence-electron chi connectivity index (χ4n) is 1.35. The Hall–Kier alpha value is -1.02. The van der Waals surface area contributed by atoms with Gasteiger partial charge in [0.2, 0.25) is 0 Å². The molecule has 1 aromatic carbocycles. The van der Waals surface area contributed by atoms with Crippen molar-refractivity contribution in [1.82, 2.24) is 0 Å². The SMILES string of the molecule is CC[C@H](C)c1ccc(OC[C@H](C)O)cc1. The highest BCUT2D eigenvalue weighted by molar-refractivity contribution is 5.29. The summed E-state index contributed by atoms with van der Waals surface area (Å²) < 4.78 is 5.39. The Balaban J connectivity index is 2.56. The van der Waals surface area contributed by atoms with Crippen LogP contribution in [0.15, 0.2) is 24.3 Å². The summed E-state index contributed by atoms with van der Waals surface area (Å²) in [6, 6.07) is 8.10. The molecule has 2 nitrogen and oxygen atoms in total. The topological polar surface area (TPSA) is 29.5 Å². The van der Waals surface area contributed by atoms with Gasteiger partial charge in [0, 0.05) is 0 Å². The third-order valence-corrected chi connectivity index (χ3v) is 2.55. The predicted molar refractivity (Wildman–Crippen MR) is 62.3 cm³/mol. The molecule has 1 aromatic rings. The minimum absolute atomic E-state index is 0.350. The van der Waals surface area contributed by atoms with Gasteiger partial charge in [0.1, 0.15) is 12.4 Å². The van der Waals surface area contributed by atoms with Gasteiger partial charge in [0.15, 0.2) is 0 Å². The molecule has 0 heterocycles. The van der Waals surface area contributed by atoms with Gasteiger partial charge in [-0.1, -0.05) is 26.0 Å². The molecule has 84 valence electrons. The average molecular weight is 208 g/mol. The second-order valence-corrected chi connectivity index (χ2v) is 4.04. The van der Waals surface area contributed by atoms with Crippen LogP contribution in [0.5, 0.6) is 5.75 Å². The van der Waals surface area contributed by atoms with E-state index in [0.29, 0.717) is 12.5 Å². The van der Waals surface area contributed by atoms with E-state index >= 15 is 0 Å². The molecule has 0 amide bonds. The number of ether oxygens (including phenoxy) is 1. The summed E-state index contributed by atoms with van der Waals surface area (Å²) in [5.41, 5.74) is 1.34. The lowest BCUT2D eigenvalue weighted by Gasteiger charge is -2.11. The molecule has 1 N–H and O–H groups in total. The maximum Gasteiger partial charge on any atom is 0.119 e. The van der Waals surface area contributed by atoms with Crippen LogP contribution < -0.4 is 4.74 Å². The Morgan fingerprint density at radius 1 is 1.20 bits per heavy atom. The second kappa shape index (κ2) is 5.76. The minimum atomic E-state index is -0.417. The van der Waals surface area contributed by atoms with Gasteiger partial charge in [-0.05, 0) is 37.0 Å². The Morgan fingerprint density at radius 3 is 2.27 bits per heavy atom. The Labute approximate surface area is 91.9 Å². The molecule has 2 heteroatoms. The first kappa shape index (κ1) is 12.1. The minimum Gasteiger partial charge on any atom is -0.491 e. The van der Waals surface area contributed by atoms with Crippen molar-refractivity contribution in [2.45, 2.75) is 39.2 Å². The van der Waals surface area contributed by atoms with Gasteiger partial charge in [-0.3, -0.25) is 0 Å². The fraction of sp³-hybridized carbons (Fsp3) is 0.538. The Morgan fingerprint density at radius 2 is 1.80 bits per heavy atom. The van der Waals surface area contributed by atoms with E-state index in [0.717, 1.165) is 12.2 Å². The third-order valence-electron chi connectivity index (χ3n) is 2.55. The molecule has 0 aliphatic carbocycles. The van der Waals surface area contributed by atoms with Gasteiger partial charge < -0.3 is 9.84 Å². The molecule has 1 rings (SSSR count). The molecule has 0 saturated carbocycles. The van der Waals surface area contributed by atoms with E-state index in [1.807, 2.05) is 12.1 Å². The van der Waals surface area contributed by atoms with Crippen molar-refractivity contribution in [2.24, 2.45) is 0 Å². The van der Waals surface area contributed by atoms with Gasteiger partial charge >= 0.3 is 0 Å². The molecule has 0 aliphatic rings. The number of hydrogen-bond acceptors (Lipinski definition) is 2. The van der Waals surface area contributed by atoms with Gasteiger partial charge in [0.05, 0.1) is 6.10 Å². The highest BCUT2D eigenvalue weighted by Crippen LogP contribution is 2.21. The van der Waals surface area contributed by atoms with Crippen LogP contribution in [0.1, 0.15) is 38.7 Å². The van der Waals surface area contributed by atoms with Crippen molar-refractivity contribution in [3.05, 3.63) is 29.8 Å². The second-order valence-electron chi connectivity index (χ2n) is 4.04. The van der Waals surface area contributed by atoms with E-state index in [-0.39, 0.29) is 0 Å². The standard InChI is InChI=1S/C13H20O2/c1-4-10(2)12-5-7-13(8-6-12)15-9-11(3)14/h5-8,10-11,14H,4,9H2,1-3H3/t10-,11-/m0/s1. The smallest absolute Gasteiger partial charge is 0.119 e. The zero-order valence-corrected chi connectivity index (χ0v) is 9.73. The maximum absolute atomic E-state index is 9.07. The molecule has 2 atom stereocenters. The van der Waals surface area contributed by atoms with Gasteiger partial charge in [-0.2, -0.15) is 0 Å². The fourth-order valence-corrected chi connectivity index (χ4v) is 1.35. The largest absolute Gasteiger partial charge is 0.491 e. The van der Waals surface area contributed by atoms with Gasteiger partial charge in [0.25, 0.3) is 0 Å². The first-order valence-electron chi connectivity index (χ1n) is 5.54. The molecule has 0 unspecified atom stereocenters. The van der Waals surface area contributed by atoms with E-state index in [9.17, 15) is 0 Å². The van der Waals surface area contributed by atoms with Crippen LogP contribution in [0.4, 0.5) is 0 Å². The van der Waals surface area contributed by atoms with E-state index in [2.05, 4.69) is 26.0 Å². The molecule has 0 fully saturated rings. The zero-order chi connectivity index (χ0) is 11.3.